The molecule has 4 nitrogen and oxygen atoms in total. The molecule has 0 spiro atoms. The molecule has 1 aromatic carbocycles. The minimum absolute atomic E-state index is 0.0601. The summed E-state index contributed by atoms with van der Waals surface area (Å²) in [6.07, 6.45) is 0.441. The molecule has 0 aliphatic carbocycles. The summed E-state index contributed by atoms with van der Waals surface area (Å²) in [6, 6.07) is 5.40. The maximum Gasteiger partial charge on any atom is 0.217 e. The van der Waals surface area contributed by atoms with Gasteiger partial charge in [-0.15, -0.1) is 0 Å². The Balaban J connectivity index is 2.48. The first-order chi connectivity index (χ1) is 8.96. The zero-order chi connectivity index (χ0) is 14.0. The van der Waals surface area contributed by atoms with Gasteiger partial charge in [-0.25, -0.2) is 4.99 Å². The number of hydrogen-bond donors (Lipinski definition) is 0. The van der Waals surface area contributed by atoms with Crippen molar-refractivity contribution in [2.24, 2.45) is 4.99 Å². The number of carbonyl (C=O) groups is 1. The van der Waals surface area contributed by atoms with E-state index in [-0.39, 0.29) is 11.3 Å². The molecular weight excluding hydrogens is 242 g/mol. The summed E-state index contributed by atoms with van der Waals surface area (Å²) in [5, 5.41) is 0. The minimum atomic E-state index is -0.234. The van der Waals surface area contributed by atoms with Crippen LogP contribution in [0.4, 0.5) is 0 Å². The Morgan fingerprint density at radius 3 is 2.74 bits per heavy atom. The zero-order valence-electron chi connectivity index (χ0n) is 11.8. The molecule has 19 heavy (non-hydrogen) atoms. The van der Waals surface area contributed by atoms with E-state index in [0.29, 0.717) is 30.2 Å². The Bertz CT molecular complexity index is 532. The lowest BCUT2D eigenvalue weighted by atomic mass is 10.0. The molecule has 0 aromatic heterocycles. The number of ether oxygens (including phenoxy) is 2. The number of benzene rings is 1. The van der Waals surface area contributed by atoms with E-state index in [1.54, 1.807) is 13.2 Å². The van der Waals surface area contributed by atoms with Crippen LogP contribution in [0.2, 0.25) is 0 Å². The fourth-order valence-corrected chi connectivity index (χ4v) is 1.98. The van der Waals surface area contributed by atoms with Crippen molar-refractivity contribution in [2.45, 2.75) is 32.7 Å². The normalized spacial score (nSPS) is 16.7. The quantitative estimate of drug-likeness (QED) is 0.783. The Labute approximate surface area is 113 Å². The molecule has 4 heteroatoms. The fraction of sp³-hybridized carbons (Fsp3) is 0.467. The number of rotatable bonds is 4. The van der Waals surface area contributed by atoms with Crippen LogP contribution in [0, 0.1) is 0 Å². The fourth-order valence-electron chi connectivity index (χ4n) is 1.98. The van der Waals surface area contributed by atoms with Gasteiger partial charge in [0, 0.05) is 17.5 Å². The number of methoxy groups -OCH3 is 1. The molecule has 0 fully saturated rings. The van der Waals surface area contributed by atoms with Gasteiger partial charge in [0.1, 0.15) is 12.4 Å². The lowest BCUT2D eigenvalue weighted by molar-refractivity contribution is 0.0987. The second-order valence-corrected chi connectivity index (χ2v) is 5.21. The van der Waals surface area contributed by atoms with Gasteiger partial charge in [0.15, 0.2) is 5.78 Å². The average Bonchev–Trinajstić information content (AvgIpc) is 2.77. The lowest BCUT2D eigenvalue weighted by Gasteiger charge is -2.09. The SMILES string of the molecule is CCC(=O)c1cc(OC)ccc1C1=NC(C)(C)CO1. The van der Waals surface area contributed by atoms with Gasteiger partial charge in [-0.3, -0.25) is 4.79 Å². The van der Waals surface area contributed by atoms with Gasteiger partial charge in [0.25, 0.3) is 0 Å². The van der Waals surface area contributed by atoms with Crippen LogP contribution in [-0.4, -0.2) is 30.9 Å². The van der Waals surface area contributed by atoms with E-state index < -0.39 is 0 Å². The molecule has 1 aliphatic rings. The van der Waals surface area contributed by atoms with Gasteiger partial charge >= 0.3 is 0 Å². The third kappa shape index (κ3) is 2.78. The summed E-state index contributed by atoms with van der Waals surface area (Å²) < 4.78 is 10.8. The first-order valence-corrected chi connectivity index (χ1v) is 6.41. The van der Waals surface area contributed by atoms with Crippen molar-refractivity contribution >= 4 is 11.7 Å². The molecule has 0 saturated heterocycles. The Morgan fingerprint density at radius 2 is 2.21 bits per heavy atom. The summed E-state index contributed by atoms with van der Waals surface area (Å²) in [5.41, 5.74) is 1.12. The predicted octanol–water partition coefficient (Wildman–Crippen LogP) is 2.84. The highest BCUT2D eigenvalue weighted by Crippen LogP contribution is 2.25. The molecule has 1 aromatic rings. The topological polar surface area (TPSA) is 47.9 Å². The summed E-state index contributed by atoms with van der Waals surface area (Å²) in [4.78, 5) is 16.6. The van der Waals surface area contributed by atoms with Crippen LogP contribution in [0.1, 0.15) is 43.1 Å². The summed E-state index contributed by atoms with van der Waals surface area (Å²) in [6.45, 7) is 6.39. The van der Waals surface area contributed by atoms with Crippen LogP contribution in [0.15, 0.2) is 23.2 Å². The molecule has 2 rings (SSSR count). The molecule has 0 unspecified atom stereocenters. The van der Waals surface area contributed by atoms with Crippen LogP contribution < -0.4 is 4.74 Å². The van der Waals surface area contributed by atoms with E-state index >= 15 is 0 Å². The number of aliphatic imine (C=N–C) groups is 1. The van der Waals surface area contributed by atoms with Gasteiger partial charge < -0.3 is 9.47 Å². The minimum Gasteiger partial charge on any atom is -0.497 e. The van der Waals surface area contributed by atoms with E-state index in [0.717, 1.165) is 5.56 Å². The maximum absolute atomic E-state index is 12.1. The number of Topliss-reactive ketones (excluding diaryl/α,β-unsaturated/α-hetero) is 1. The van der Waals surface area contributed by atoms with Gasteiger partial charge in [-0.2, -0.15) is 0 Å². The highest BCUT2D eigenvalue weighted by atomic mass is 16.5. The van der Waals surface area contributed by atoms with E-state index in [9.17, 15) is 4.79 Å². The van der Waals surface area contributed by atoms with Crippen molar-refractivity contribution in [3.8, 4) is 5.75 Å². The zero-order valence-corrected chi connectivity index (χ0v) is 11.8. The van der Waals surface area contributed by atoms with Crippen LogP contribution in [-0.2, 0) is 4.74 Å². The lowest BCUT2D eigenvalue weighted by Crippen LogP contribution is -2.17. The average molecular weight is 261 g/mol. The molecule has 0 saturated carbocycles. The molecule has 0 atom stereocenters. The van der Waals surface area contributed by atoms with E-state index in [1.807, 2.05) is 32.9 Å². The standard InChI is InChI=1S/C15H19NO3/c1-5-13(17)12-8-10(18-4)6-7-11(12)14-16-15(2,3)9-19-14/h6-8H,5,9H2,1-4H3. The summed E-state index contributed by atoms with van der Waals surface area (Å²) in [7, 11) is 1.59. The summed E-state index contributed by atoms with van der Waals surface area (Å²) >= 11 is 0. The molecule has 0 N–H and O–H groups in total. The van der Waals surface area contributed by atoms with Gasteiger partial charge in [-0.05, 0) is 32.0 Å². The van der Waals surface area contributed by atoms with Crippen molar-refractivity contribution in [3.05, 3.63) is 29.3 Å². The van der Waals surface area contributed by atoms with Crippen LogP contribution in [0.5, 0.6) is 5.75 Å². The first kappa shape index (κ1) is 13.6. The molecule has 0 amide bonds. The summed E-state index contributed by atoms with van der Waals surface area (Å²) in [5.74, 6) is 1.27. The first-order valence-electron chi connectivity index (χ1n) is 6.41. The monoisotopic (exact) mass is 261 g/mol. The maximum atomic E-state index is 12.1. The number of hydrogen-bond acceptors (Lipinski definition) is 4. The molecular formula is C15H19NO3. The third-order valence-corrected chi connectivity index (χ3v) is 3.04. The van der Waals surface area contributed by atoms with E-state index in [4.69, 9.17) is 9.47 Å². The largest absolute Gasteiger partial charge is 0.497 e. The van der Waals surface area contributed by atoms with Gasteiger partial charge in [0.2, 0.25) is 5.90 Å². The molecule has 102 valence electrons. The van der Waals surface area contributed by atoms with Gasteiger partial charge in [0.05, 0.1) is 12.6 Å². The second-order valence-electron chi connectivity index (χ2n) is 5.21. The van der Waals surface area contributed by atoms with E-state index in [1.165, 1.54) is 0 Å². The molecule has 1 aliphatic heterocycles. The van der Waals surface area contributed by atoms with Crippen LogP contribution in [0.25, 0.3) is 0 Å². The van der Waals surface area contributed by atoms with Crippen molar-refractivity contribution in [2.75, 3.05) is 13.7 Å². The highest BCUT2D eigenvalue weighted by molar-refractivity contribution is 6.08. The van der Waals surface area contributed by atoms with Crippen LogP contribution >= 0.6 is 0 Å². The van der Waals surface area contributed by atoms with E-state index in [2.05, 4.69) is 4.99 Å². The Kier molecular flexibility index (Phi) is 3.60. The van der Waals surface area contributed by atoms with Crippen LogP contribution in [0.3, 0.4) is 0 Å². The predicted molar refractivity (Wildman–Crippen MR) is 74.2 cm³/mol. The Morgan fingerprint density at radius 1 is 1.47 bits per heavy atom. The number of carbonyl (C=O) groups excluding carboxylic acids is 1. The molecule has 1 heterocycles. The van der Waals surface area contributed by atoms with Crippen molar-refractivity contribution in [1.82, 2.24) is 0 Å². The van der Waals surface area contributed by atoms with Crippen molar-refractivity contribution in [1.29, 1.82) is 0 Å². The highest BCUT2D eigenvalue weighted by Gasteiger charge is 2.29. The number of nitrogens with zero attached hydrogens (tertiary/aromatic N) is 1. The molecule has 0 bridgehead atoms. The van der Waals surface area contributed by atoms with Crippen molar-refractivity contribution < 1.29 is 14.3 Å². The Hall–Kier alpha value is -1.84. The number of ketones is 1. The third-order valence-electron chi connectivity index (χ3n) is 3.04. The van der Waals surface area contributed by atoms with Gasteiger partial charge in [-0.1, -0.05) is 6.92 Å². The van der Waals surface area contributed by atoms with Crippen molar-refractivity contribution in [3.63, 3.8) is 0 Å². The smallest absolute Gasteiger partial charge is 0.217 e. The molecule has 0 radical (unpaired) electrons. The second kappa shape index (κ2) is 5.03.